The van der Waals surface area contributed by atoms with Crippen molar-refractivity contribution in [2.75, 3.05) is 18.0 Å². The number of aromatic nitrogens is 1. The summed E-state index contributed by atoms with van der Waals surface area (Å²) >= 11 is 1.83. The average molecular weight is 527 g/mol. The molecule has 0 aliphatic heterocycles. The van der Waals surface area contributed by atoms with Gasteiger partial charge in [-0.1, -0.05) is 159 Å². The van der Waals surface area contributed by atoms with E-state index in [2.05, 4.69) is 55.3 Å². The lowest BCUT2D eigenvalue weighted by Gasteiger charge is -2.22. The minimum Gasteiger partial charge on any atom is -0.348 e. The number of aryl methyl sites for hydroxylation is 1. The van der Waals surface area contributed by atoms with Crippen molar-refractivity contribution < 1.29 is 0 Å². The summed E-state index contributed by atoms with van der Waals surface area (Å²) in [6.45, 7) is 9.07. The zero-order valence-corrected chi connectivity index (χ0v) is 25.6. The normalized spacial score (nSPS) is 11.3. The van der Waals surface area contributed by atoms with Gasteiger partial charge in [0.05, 0.1) is 5.69 Å². The Morgan fingerprint density at radius 3 is 1.41 bits per heavy atom. The SMILES string of the molecule is CCCCCCCCCCCCN(CCCCCCCCCCCC)c1nc(-c2ccc(C)cc2)cs1. The summed E-state index contributed by atoms with van der Waals surface area (Å²) in [4.78, 5) is 7.68. The third kappa shape index (κ3) is 15.0. The Balaban J connectivity index is 1.72. The second-order valence-electron chi connectivity index (χ2n) is 11.2. The molecule has 2 aromatic rings. The van der Waals surface area contributed by atoms with Crippen molar-refractivity contribution in [3.8, 4) is 11.3 Å². The van der Waals surface area contributed by atoms with Crippen molar-refractivity contribution >= 4 is 16.5 Å². The first-order chi connectivity index (χ1) is 18.2. The van der Waals surface area contributed by atoms with E-state index in [9.17, 15) is 0 Å². The van der Waals surface area contributed by atoms with Crippen LogP contribution >= 0.6 is 11.3 Å². The number of thiazole rings is 1. The molecule has 1 heterocycles. The summed E-state index contributed by atoms with van der Waals surface area (Å²) in [6.07, 6.45) is 27.9. The van der Waals surface area contributed by atoms with E-state index in [0.717, 1.165) is 18.8 Å². The first-order valence-electron chi connectivity index (χ1n) is 16.0. The highest BCUT2D eigenvalue weighted by atomic mass is 32.1. The van der Waals surface area contributed by atoms with Gasteiger partial charge in [-0.05, 0) is 19.8 Å². The molecule has 0 saturated heterocycles. The third-order valence-electron chi connectivity index (χ3n) is 7.67. The molecule has 0 atom stereocenters. The Morgan fingerprint density at radius 2 is 0.973 bits per heavy atom. The van der Waals surface area contributed by atoms with E-state index in [4.69, 9.17) is 4.98 Å². The third-order valence-corrected chi connectivity index (χ3v) is 8.57. The standard InChI is InChI=1S/C34H58N2S/c1-4-6-8-10-12-14-16-18-20-22-28-36(29-23-21-19-17-15-13-11-9-7-5-2)34-35-33(30-37-34)32-26-24-31(3)25-27-32/h24-27,30H,4-23,28-29H2,1-3H3. The predicted molar refractivity (Wildman–Crippen MR) is 168 cm³/mol. The summed E-state index contributed by atoms with van der Waals surface area (Å²) < 4.78 is 0. The van der Waals surface area contributed by atoms with Gasteiger partial charge in [0.1, 0.15) is 0 Å². The number of unbranched alkanes of at least 4 members (excludes halogenated alkanes) is 18. The Kier molecular flexibility index (Phi) is 18.6. The van der Waals surface area contributed by atoms with E-state index in [-0.39, 0.29) is 0 Å². The van der Waals surface area contributed by atoms with E-state index >= 15 is 0 Å². The Bertz CT molecular complexity index is 742. The highest BCUT2D eigenvalue weighted by Crippen LogP contribution is 2.28. The van der Waals surface area contributed by atoms with Gasteiger partial charge in [-0.15, -0.1) is 11.3 Å². The highest BCUT2D eigenvalue weighted by molar-refractivity contribution is 7.14. The second-order valence-corrected chi connectivity index (χ2v) is 12.1. The Hall–Kier alpha value is -1.35. The van der Waals surface area contributed by atoms with E-state index in [1.165, 1.54) is 145 Å². The van der Waals surface area contributed by atoms with Gasteiger partial charge in [-0.3, -0.25) is 0 Å². The molecule has 2 nitrogen and oxygen atoms in total. The molecule has 37 heavy (non-hydrogen) atoms. The topological polar surface area (TPSA) is 16.1 Å². The number of hydrogen-bond acceptors (Lipinski definition) is 3. The Morgan fingerprint density at radius 1 is 0.568 bits per heavy atom. The van der Waals surface area contributed by atoms with Crippen LogP contribution in [0.25, 0.3) is 11.3 Å². The first-order valence-corrected chi connectivity index (χ1v) is 16.9. The molecule has 3 heteroatoms. The number of hydrogen-bond donors (Lipinski definition) is 0. The van der Waals surface area contributed by atoms with Crippen molar-refractivity contribution in [1.82, 2.24) is 4.98 Å². The van der Waals surface area contributed by atoms with Crippen LogP contribution < -0.4 is 4.90 Å². The first kappa shape index (κ1) is 31.9. The fourth-order valence-electron chi connectivity index (χ4n) is 5.15. The fraction of sp³-hybridized carbons (Fsp3) is 0.735. The van der Waals surface area contributed by atoms with Crippen LogP contribution in [0.1, 0.15) is 148 Å². The van der Waals surface area contributed by atoms with Gasteiger partial charge < -0.3 is 4.90 Å². The molecule has 0 bridgehead atoms. The van der Waals surface area contributed by atoms with Gasteiger partial charge in [0, 0.05) is 24.0 Å². The quantitative estimate of drug-likeness (QED) is 0.126. The van der Waals surface area contributed by atoms with Crippen molar-refractivity contribution in [1.29, 1.82) is 0 Å². The van der Waals surface area contributed by atoms with Gasteiger partial charge in [-0.25, -0.2) is 4.98 Å². The fourth-order valence-corrected chi connectivity index (χ4v) is 6.04. The number of nitrogens with zero attached hydrogens (tertiary/aromatic N) is 2. The van der Waals surface area contributed by atoms with Gasteiger partial charge in [0.2, 0.25) is 0 Å². The maximum atomic E-state index is 5.08. The minimum atomic E-state index is 1.14. The molecule has 2 rings (SSSR count). The molecular formula is C34H58N2S. The van der Waals surface area contributed by atoms with Gasteiger partial charge >= 0.3 is 0 Å². The van der Waals surface area contributed by atoms with Crippen LogP contribution in [0.5, 0.6) is 0 Å². The summed E-state index contributed by atoms with van der Waals surface area (Å²) in [7, 11) is 0. The van der Waals surface area contributed by atoms with Crippen molar-refractivity contribution in [2.45, 2.75) is 149 Å². The average Bonchev–Trinajstić information content (AvgIpc) is 3.40. The monoisotopic (exact) mass is 526 g/mol. The lowest BCUT2D eigenvalue weighted by Crippen LogP contribution is -2.25. The molecule has 0 N–H and O–H groups in total. The molecular weight excluding hydrogens is 468 g/mol. The van der Waals surface area contributed by atoms with Crippen LogP contribution in [0.15, 0.2) is 29.6 Å². The zero-order valence-electron chi connectivity index (χ0n) is 24.7. The molecule has 0 fully saturated rings. The van der Waals surface area contributed by atoms with E-state index < -0.39 is 0 Å². The van der Waals surface area contributed by atoms with Gasteiger partial charge in [0.15, 0.2) is 5.13 Å². The molecule has 0 radical (unpaired) electrons. The van der Waals surface area contributed by atoms with E-state index in [0.29, 0.717) is 0 Å². The molecule has 0 aliphatic carbocycles. The van der Waals surface area contributed by atoms with E-state index in [1.54, 1.807) is 0 Å². The molecule has 0 spiro atoms. The van der Waals surface area contributed by atoms with Gasteiger partial charge in [0.25, 0.3) is 0 Å². The van der Waals surface area contributed by atoms with Crippen LogP contribution in [0, 0.1) is 6.92 Å². The predicted octanol–water partition coefficient (Wildman–Crippen LogP) is 11.8. The Labute approximate surface area is 234 Å². The lowest BCUT2D eigenvalue weighted by molar-refractivity contribution is 0.543. The summed E-state index contributed by atoms with van der Waals surface area (Å²) in [5.74, 6) is 0. The van der Waals surface area contributed by atoms with Crippen LogP contribution in [0.2, 0.25) is 0 Å². The maximum absolute atomic E-state index is 5.08. The van der Waals surface area contributed by atoms with Crippen molar-refractivity contribution in [2.24, 2.45) is 0 Å². The summed E-state index contributed by atoms with van der Waals surface area (Å²) in [5, 5.41) is 3.48. The maximum Gasteiger partial charge on any atom is 0.185 e. The lowest BCUT2D eigenvalue weighted by atomic mass is 10.1. The molecule has 0 aliphatic rings. The minimum absolute atomic E-state index is 1.14. The smallest absolute Gasteiger partial charge is 0.185 e. The second kappa shape index (κ2) is 21.6. The van der Waals surface area contributed by atoms with Crippen LogP contribution in [0.4, 0.5) is 5.13 Å². The molecule has 0 saturated carbocycles. The largest absolute Gasteiger partial charge is 0.348 e. The van der Waals surface area contributed by atoms with Gasteiger partial charge in [-0.2, -0.15) is 0 Å². The van der Waals surface area contributed by atoms with Crippen LogP contribution in [-0.4, -0.2) is 18.1 Å². The van der Waals surface area contributed by atoms with Crippen LogP contribution in [-0.2, 0) is 0 Å². The van der Waals surface area contributed by atoms with Crippen molar-refractivity contribution in [3.63, 3.8) is 0 Å². The summed E-state index contributed by atoms with van der Waals surface area (Å²) in [5.41, 5.74) is 3.69. The van der Waals surface area contributed by atoms with E-state index in [1.807, 2.05) is 11.3 Å². The molecule has 1 aromatic carbocycles. The number of rotatable bonds is 24. The number of benzene rings is 1. The molecule has 0 amide bonds. The zero-order chi connectivity index (χ0) is 26.4. The highest BCUT2D eigenvalue weighted by Gasteiger charge is 2.12. The molecule has 1 aromatic heterocycles. The molecule has 0 unspecified atom stereocenters. The number of anilines is 1. The molecule has 210 valence electrons. The summed E-state index contributed by atoms with van der Waals surface area (Å²) in [6, 6.07) is 8.81. The van der Waals surface area contributed by atoms with Crippen LogP contribution in [0.3, 0.4) is 0 Å². The van der Waals surface area contributed by atoms with Crippen molar-refractivity contribution in [3.05, 3.63) is 35.2 Å².